The van der Waals surface area contributed by atoms with E-state index in [2.05, 4.69) is 54.5 Å². The number of aryl methyl sites for hydroxylation is 1. The molecular formula is C14H21NS. The van der Waals surface area contributed by atoms with E-state index in [4.69, 9.17) is 0 Å². The monoisotopic (exact) mass is 235 g/mol. The molecule has 2 rings (SSSR count). The van der Waals surface area contributed by atoms with Crippen molar-refractivity contribution in [3.05, 3.63) is 35.9 Å². The topological polar surface area (TPSA) is 12.0 Å². The summed E-state index contributed by atoms with van der Waals surface area (Å²) in [6.45, 7) is 0. The van der Waals surface area contributed by atoms with E-state index in [0.717, 1.165) is 5.25 Å². The maximum atomic E-state index is 3.49. The van der Waals surface area contributed by atoms with Crippen molar-refractivity contribution in [3.63, 3.8) is 0 Å². The summed E-state index contributed by atoms with van der Waals surface area (Å²) in [4.78, 5) is 0. The zero-order valence-electron chi connectivity index (χ0n) is 9.99. The third kappa shape index (κ3) is 3.26. The zero-order chi connectivity index (χ0) is 11.2. The van der Waals surface area contributed by atoms with Gasteiger partial charge in [-0.25, -0.2) is 0 Å². The summed E-state index contributed by atoms with van der Waals surface area (Å²) in [6, 6.07) is 11.5. The Labute approximate surface area is 103 Å². The van der Waals surface area contributed by atoms with Crippen LogP contribution >= 0.6 is 11.8 Å². The van der Waals surface area contributed by atoms with Crippen LogP contribution in [0, 0.1) is 0 Å². The van der Waals surface area contributed by atoms with Crippen molar-refractivity contribution in [2.45, 2.75) is 37.0 Å². The van der Waals surface area contributed by atoms with Gasteiger partial charge >= 0.3 is 0 Å². The zero-order valence-corrected chi connectivity index (χ0v) is 10.8. The minimum Gasteiger partial charge on any atom is -0.316 e. The Hall–Kier alpha value is -0.470. The van der Waals surface area contributed by atoms with Gasteiger partial charge < -0.3 is 5.32 Å². The first kappa shape index (κ1) is 12.0. The van der Waals surface area contributed by atoms with Crippen molar-refractivity contribution < 1.29 is 0 Å². The molecule has 1 aliphatic heterocycles. The molecule has 1 heterocycles. The van der Waals surface area contributed by atoms with Gasteiger partial charge in [-0.05, 0) is 44.0 Å². The molecule has 2 unspecified atom stereocenters. The molecule has 1 nitrogen and oxygen atoms in total. The molecule has 1 N–H and O–H groups in total. The number of nitrogens with one attached hydrogen (secondary N) is 1. The molecule has 0 amide bonds. The number of benzene rings is 1. The first-order valence-electron chi connectivity index (χ1n) is 6.23. The van der Waals surface area contributed by atoms with E-state index < -0.39 is 0 Å². The second-order valence-electron chi connectivity index (χ2n) is 4.47. The summed E-state index contributed by atoms with van der Waals surface area (Å²) in [6.07, 6.45) is 5.26. The largest absolute Gasteiger partial charge is 0.316 e. The molecule has 1 saturated heterocycles. The minimum absolute atomic E-state index is 0.688. The van der Waals surface area contributed by atoms with Gasteiger partial charge in [-0.15, -0.1) is 0 Å². The van der Waals surface area contributed by atoms with Gasteiger partial charge in [0, 0.05) is 11.3 Å². The van der Waals surface area contributed by atoms with Gasteiger partial charge in [0.05, 0.1) is 0 Å². The maximum Gasteiger partial charge on any atom is 0.0201 e. The molecule has 0 saturated carbocycles. The lowest BCUT2D eigenvalue weighted by atomic mass is 10.0. The fourth-order valence-electron chi connectivity index (χ4n) is 2.40. The van der Waals surface area contributed by atoms with Crippen LogP contribution in [0.1, 0.15) is 24.8 Å². The predicted octanol–water partition coefficient (Wildman–Crippen LogP) is 3.10. The van der Waals surface area contributed by atoms with Crippen LogP contribution in [0.3, 0.4) is 0 Å². The first-order valence-corrected chi connectivity index (χ1v) is 7.28. The van der Waals surface area contributed by atoms with Crippen molar-refractivity contribution in [2.24, 2.45) is 0 Å². The highest BCUT2D eigenvalue weighted by Crippen LogP contribution is 2.30. The van der Waals surface area contributed by atoms with Gasteiger partial charge in [0.2, 0.25) is 0 Å². The fourth-order valence-corrected chi connectivity index (χ4v) is 3.88. The molecule has 2 atom stereocenters. The highest BCUT2D eigenvalue weighted by atomic mass is 32.2. The average molecular weight is 235 g/mol. The smallest absolute Gasteiger partial charge is 0.0201 e. The molecule has 0 aliphatic carbocycles. The standard InChI is InChI=1S/C14H21NS/c1-15-13(14-8-5-11-16-14)10-9-12-6-3-2-4-7-12/h2-4,6-7,13-15H,5,8-11H2,1H3. The molecule has 0 radical (unpaired) electrons. The van der Waals surface area contributed by atoms with E-state index in [1.807, 2.05) is 0 Å². The summed E-state index contributed by atoms with van der Waals surface area (Å²) in [7, 11) is 2.11. The molecule has 0 spiro atoms. The Morgan fingerprint density at radius 1 is 1.38 bits per heavy atom. The van der Waals surface area contributed by atoms with Crippen molar-refractivity contribution >= 4 is 11.8 Å². The molecule has 1 aliphatic rings. The van der Waals surface area contributed by atoms with E-state index >= 15 is 0 Å². The van der Waals surface area contributed by atoms with E-state index in [1.54, 1.807) is 0 Å². The third-order valence-electron chi connectivity index (χ3n) is 3.37. The van der Waals surface area contributed by atoms with Crippen LogP contribution in [0.2, 0.25) is 0 Å². The van der Waals surface area contributed by atoms with Crippen molar-refractivity contribution in [2.75, 3.05) is 12.8 Å². The summed E-state index contributed by atoms with van der Waals surface area (Å²) in [5.74, 6) is 1.36. The highest BCUT2D eigenvalue weighted by molar-refractivity contribution is 8.00. The van der Waals surface area contributed by atoms with E-state index in [-0.39, 0.29) is 0 Å². The Kier molecular flexibility index (Phi) is 4.73. The lowest BCUT2D eigenvalue weighted by Crippen LogP contribution is -2.34. The molecule has 1 aromatic rings. The minimum atomic E-state index is 0.688. The Morgan fingerprint density at radius 2 is 2.19 bits per heavy atom. The van der Waals surface area contributed by atoms with Crippen LogP contribution in [-0.2, 0) is 6.42 Å². The molecule has 1 aromatic carbocycles. The fraction of sp³-hybridized carbons (Fsp3) is 0.571. The van der Waals surface area contributed by atoms with Crippen LogP contribution in [-0.4, -0.2) is 24.1 Å². The number of thioether (sulfide) groups is 1. The van der Waals surface area contributed by atoms with E-state index in [1.165, 1.54) is 37.0 Å². The summed E-state index contributed by atoms with van der Waals surface area (Å²) >= 11 is 2.15. The molecule has 0 aromatic heterocycles. The van der Waals surface area contributed by atoms with Crippen LogP contribution in [0.15, 0.2) is 30.3 Å². The average Bonchev–Trinajstić information content (AvgIpc) is 2.85. The summed E-state index contributed by atoms with van der Waals surface area (Å²) < 4.78 is 0. The van der Waals surface area contributed by atoms with E-state index in [9.17, 15) is 0 Å². The van der Waals surface area contributed by atoms with Crippen LogP contribution in [0.25, 0.3) is 0 Å². The van der Waals surface area contributed by atoms with Crippen LogP contribution in [0.5, 0.6) is 0 Å². The van der Waals surface area contributed by atoms with Crippen LogP contribution < -0.4 is 5.32 Å². The summed E-state index contributed by atoms with van der Waals surface area (Å²) in [5, 5.41) is 4.33. The molecule has 1 fully saturated rings. The van der Waals surface area contributed by atoms with Crippen molar-refractivity contribution in [1.82, 2.24) is 5.32 Å². The highest BCUT2D eigenvalue weighted by Gasteiger charge is 2.23. The van der Waals surface area contributed by atoms with Crippen molar-refractivity contribution in [3.8, 4) is 0 Å². The Morgan fingerprint density at radius 3 is 2.81 bits per heavy atom. The Balaban J connectivity index is 1.83. The molecule has 2 heteroatoms. The van der Waals surface area contributed by atoms with Gasteiger partial charge in [0.1, 0.15) is 0 Å². The quantitative estimate of drug-likeness (QED) is 0.841. The lowest BCUT2D eigenvalue weighted by molar-refractivity contribution is 0.494. The third-order valence-corrected chi connectivity index (χ3v) is 4.89. The first-order chi connectivity index (χ1) is 7.90. The van der Waals surface area contributed by atoms with Gasteiger partial charge in [-0.3, -0.25) is 0 Å². The Bertz CT molecular complexity index is 293. The van der Waals surface area contributed by atoms with Gasteiger partial charge in [-0.2, -0.15) is 11.8 Å². The SMILES string of the molecule is CNC(CCc1ccccc1)C1CCCS1. The number of hydrogen-bond acceptors (Lipinski definition) is 2. The van der Waals surface area contributed by atoms with Gasteiger partial charge in [-0.1, -0.05) is 30.3 Å². The summed E-state index contributed by atoms with van der Waals surface area (Å²) in [5.41, 5.74) is 1.46. The lowest BCUT2D eigenvalue weighted by Gasteiger charge is -2.22. The van der Waals surface area contributed by atoms with Gasteiger partial charge in [0.15, 0.2) is 0 Å². The predicted molar refractivity (Wildman–Crippen MR) is 73.1 cm³/mol. The number of hydrogen-bond donors (Lipinski definition) is 1. The van der Waals surface area contributed by atoms with Crippen LogP contribution in [0.4, 0.5) is 0 Å². The molecular weight excluding hydrogens is 214 g/mol. The normalized spacial score (nSPS) is 22.2. The second kappa shape index (κ2) is 6.31. The van der Waals surface area contributed by atoms with Crippen molar-refractivity contribution in [1.29, 1.82) is 0 Å². The molecule has 88 valence electrons. The number of rotatable bonds is 5. The second-order valence-corrected chi connectivity index (χ2v) is 5.82. The van der Waals surface area contributed by atoms with E-state index in [0.29, 0.717) is 6.04 Å². The maximum absolute atomic E-state index is 3.49. The van der Waals surface area contributed by atoms with Gasteiger partial charge in [0.25, 0.3) is 0 Å². The molecule has 16 heavy (non-hydrogen) atoms. The molecule has 0 bridgehead atoms.